The normalized spacial score (nSPS) is 11.8. The van der Waals surface area contributed by atoms with Crippen LogP contribution in [0.2, 0.25) is 0 Å². The number of nitrogens with zero attached hydrogens (tertiary/aromatic N) is 6. The molecule has 0 fully saturated rings. The maximum absolute atomic E-state index is 12.9. The van der Waals surface area contributed by atoms with E-state index in [1.807, 2.05) is 0 Å². The van der Waals surface area contributed by atoms with Crippen LogP contribution in [0.3, 0.4) is 0 Å². The lowest BCUT2D eigenvalue weighted by molar-refractivity contribution is -0.142. The molecule has 0 aromatic carbocycles. The first-order valence-corrected chi connectivity index (χ1v) is 10.0. The van der Waals surface area contributed by atoms with Crippen LogP contribution in [-0.4, -0.2) is 55.0 Å². The van der Waals surface area contributed by atoms with E-state index < -0.39 is 18.7 Å². The topological polar surface area (TPSA) is 88.5 Å². The fraction of sp³-hybridized carbons (Fsp3) is 0.333. The van der Waals surface area contributed by atoms with Crippen molar-refractivity contribution in [3.63, 3.8) is 0 Å². The number of pyridine rings is 1. The average Bonchev–Trinajstić information content (AvgIpc) is 3.43. The van der Waals surface area contributed by atoms with Gasteiger partial charge in [-0.1, -0.05) is 0 Å². The summed E-state index contributed by atoms with van der Waals surface area (Å²) < 4.78 is 53.1. The molecule has 0 aliphatic heterocycles. The standard InChI is InChI=1S/C21H21F3N6O3/c1-5-33-20(31)16-10-29(27-19(16)32-4)14-6-7-28-17(8-14)15(9-25-28)18-12(2)26-30(13(18)3)11-21(22,23)24/h6-10H,5,11H2,1-4H3. The average molecular weight is 462 g/mol. The molecule has 33 heavy (non-hydrogen) atoms. The van der Waals surface area contributed by atoms with Gasteiger partial charge < -0.3 is 9.47 Å². The summed E-state index contributed by atoms with van der Waals surface area (Å²) in [7, 11) is 1.40. The fourth-order valence-electron chi connectivity index (χ4n) is 3.71. The molecule has 0 amide bonds. The first-order chi connectivity index (χ1) is 15.6. The largest absolute Gasteiger partial charge is 0.479 e. The summed E-state index contributed by atoms with van der Waals surface area (Å²) in [5, 5.41) is 12.7. The van der Waals surface area contributed by atoms with Gasteiger partial charge in [-0.3, -0.25) is 4.68 Å². The molecule has 0 saturated carbocycles. The maximum Gasteiger partial charge on any atom is 0.408 e. The SMILES string of the molecule is CCOC(=O)c1cn(-c2ccn3ncc(-c4c(C)nn(CC(F)(F)F)c4C)c3c2)nc1OC. The van der Waals surface area contributed by atoms with E-state index in [0.717, 1.165) is 4.68 Å². The van der Waals surface area contributed by atoms with Crippen LogP contribution in [0.5, 0.6) is 5.88 Å². The predicted octanol–water partition coefficient (Wildman–Crippen LogP) is 3.75. The van der Waals surface area contributed by atoms with Gasteiger partial charge in [-0.25, -0.2) is 14.0 Å². The van der Waals surface area contributed by atoms with Gasteiger partial charge >= 0.3 is 12.1 Å². The number of rotatable bonds is 6. The highest BCUT2D eigenvalue weighted by molar-refractivity contribution is 5.92. The van der Waals surface area contributed by atoms with Crippen LogP contribution in [-0.2, 0) is 11.3 Å². The Bertz CT molecular complexity index is 1340. The molecule has 0 atom stereocenters. The van der Waals surface area contributed by atoms with Crippen molar-refractivity contribution in [1.82, 2.24) is 29.2 Å². The molecule has 9 nitrogen and oxygen atoms in total. The van der Waals surface area contributed by atoms with Crippen molar-refractivity contribution in [3.05, 3.63) is 47.7 Å². The van der Waals surface area contributed by atoms with Gasteiger partial charge in [0.25, 0.3) is 0 Å². The third-order valence-electron chi connectivity index (χ3n) is 5.12. The Kier molecular flexibility index (Phi) is 5.60. The van der Waals surface area contributed by atoms with E-state index in [0.29, 0.717) is 33.7 Å². The van der Waals surface area contributed by atoms with E-state index >= 15 is 0 Å². The van der Waals surface area contributed by atoms with E-state index in [1.165, 1.54) is 18.0 Å². The van der Waals surface area contributed by atoms with Gasteiger partial charge in [-0.05, 0) is 32.9 Å². The first-order valence-electron chi connectivity index (χ1n) is 10.0. The molecular weight excluding hydrogens is 441 g/mol. The summed E-state index contributed by atoms with van der Waals surface area (Å²) in [5.74, 6) is -0.447. The van der Waals surface area contributed by atoms with E-state index in [-0.39, 0.29) is 18.1 Å². The van der Waals surface area contributed by atoms with Crippen LogP contribution >= 0.6 is 0 Å². The maximum atomic E-state index is 12.9. The van der Waals surface area contributed by atoms with Crippen molar-refractivity contribution in [2.24, 2.45) is 0 Å². The summed E-state index contributed by atoms with van der Waals surface area (Å²) >= 11 is 0. The Morgan fingerprint density at radius 1 is 1.21 bits per heavy atom. The van der Waals surface area contributed by atoms with E-state index in [1.54, 1.807) is 49.8 Å². The Morgan fingerprint density at radius 3 is 2.64 bits per heavy atom. The summed E-state index contributed by atoms with van der Waals surface area (Å²) in [6.07, 6.45) is 0.389. The highest BCUT2D eigenvalue weighted by Crippen LogP contribution is 2.32. The molecule has 174 valence electrons. The number of carbonyl (C=O) groups is 1. The molecule has 0 saturated heterocycles. The minimum absolute atomic E-state index is 0.113. The van der Waals surface area contributed by atoms with Crippen LogP contribution in [0.1, 0.15) is 28.7 Å². The van der Waals surface area contributed by atoms with Crippen molar-refractivity contribution in [2.75, 3.05) is 13.7 Å². The van der Waals surface area contributed by atoms with E-state index in [2.05, 4.69) is 15.3 Å². The highest BCUT2D eigenvalue weighted by atomic mass is 19.4. The Labute approximate surface area is 186 Å². The van der Waals surface area contributed by atoms with Gasteiger partial charge in [0.2, 0.25) is 5.88 Å². The number of methoxy groups -OCH3 is 1. The Morgan fingerprint density at radius 2 is 1.97 bits per heavy atom. The van der Waals surface area contributed by atoms with Crippen LogP contribution in [0.4, 0.5) is 13.2 Å². The molecule has 0 aliphatic rings. The summed E-state index contributed by atoms with van der Waals surface area (Å²) in [5.41, 5.74) is 3.46. The molecule has 4 rings (SSSR count). The number of esters is 1. The monoisotopic (exact) mass is 462 g/mol. The van der Waals surface area contributed by atoms with Gasteiger partial charge in [-0.15, -0.1) is 5.10 Å². The van der Waals surface area contributed by atoms with Crippen molar-refractivity contribution in [2.45, 2.75) is 33.5 Å². The molecule has 0 N–H and O–H groups in total. The summed E-state index contributed by atoms with van der Waals surface area (Å²) in [6.45, 7) is 3.99. The smallest absolute Gasteiger partial charge is 0.408 e. The molecule has 12 heteroatoms. The van der Waals surface area contributed by atoms with Crippen molar-refractivity contribution < 1.29 is 27.4 Å². The van der Waals surface area contributed by atoms with Crippen LogP contribution in [0.25, 0.3) is 22.3 Å². The second-order valence-corrected chi connectivity index (χ2v) is 7.31. The van der Waals surface area contributed by atoms with Crippen molar-refractivity contribution >= 4 is 11.5 Å². The lowest BCUT2D eigenvalue weighted by Gasteiger charge is -2.08. The van der Waals surface area contributed by atoms with Gasteiger partial charge in [-0.2, -0.15) is 23.4 Å². The summed E-state index contributed by atoms with van der Waals surface area (Å²) in [4.78, 5) is 12.2. The Hall–Kier alpha value is -3.83. The van der Waals surface area contributed by atoms with Crippen LogP contribution in [0.15, 0.2) is 30.7 Å². The minimum Gasteiger partial charge on any atom is -0.479 e. The fourth-order valence-corrected chi connectivity index (χ4v) is 3.71. The van der Waals surface area contributed by atoms with Crippen molar-refractivity contribution in [3.8, 4) is 22.7 Å². The molecule has 0 radical (unpaired) electrons. The zero-order valence-corrected chi connectivity index (χ0v) is 18.3. The quantitative estimate of drug-likeness (QED) is 0.406. The van der Waals surface area contributed by atoms with E-state index in [9.17, 15) is 18.0 Å². The van der Waals surface area contributed by atoms with Crippen LogP contribution in [0, 0.1) is 13.8 Å². The molecular formula is C21H21F3N6O3. The summed E-state index contributed by atoms with van der Waals surface area (Å²) in [6, 6.07) is 3.50. The highest BCUT2D eigenvalue weighted by Gasteiger charge is 2.30. The van der Waals surface area contributed by atoms with Gasteiger partial charge in [0.05, 0.1) is 36.8 Å². The lowest BCUT2D eigenvalue weighted by atomic mass is 10.1. The number of hydrogen-bond donors (Lipinski definition) is 0. The molecule has 4 aromatic rings. The third-order valence-corrected chi connectivity index (χ3v) is 5.12. The molecule has 0 aliphatic carbocycles. The Balaban J connectivity index is 1.80. The first kappa shape index (κ1) is 22.4. The van der Waals surface area contributed by atoms with E-state index in [4.69, 9.17) is 9.47 Å². The van der Waals surface area contributed by atoms with Crippen LogP contribution < -0.4 is 4.74 Å². The van der Waals surface area contributed by atoms with Gasteiger partial charge in [0.15, 0.2) is 0 Å². The lowest BCUT2D eigenvalue weighted by Crippen LogP contribution is -2.19. The van der Waals surface area contributed by atoms with Crippen molar-refractivity contribution in [1.29, 1.82) is 0 Å². The molecule has 0 unspecified atom stereocenters. The number of halogens is 3. The molecule has 4 heterocycles. The number of carbonyl (C=O) groups excluding carboxylic acids is 1. The number of hydrogen-bond acceptors (Lipinski definition) is 6. The number of aromatic nitrogens is 6. The predicted molar refractivity (Wildman–Crippen MR) is 112 cm³/mol. The zero-order valence-electron chi connectivity index (χ0n) is 18.3. The third kappa shape index (κ3) is 4.15. The number of alkyl halides is 3. The number of ether oxygens (including phenoxy) is 2. The zero-order chi connectivity index (χ0) is 23.9. The second-order valence-electron chi connectivity index (χ2n) is 7.31. The van der Waals surface area contributed by atoms with Gasteiger partial charge in [0, 0.05) is 29.2 Å². The minimum atomic E-state index is -4.38. The molecule has 0 spiro atoms. The number of aryl methyl sites for hydroxylation is 1. The number of fused-ring (bicyclic) bond motifs is 1. The van der Waals surface area contributed by atoms with Gasteiger partial charge in [0.1, 0.15) is 12.1 Å². The molecule has 0 bridgehead atoms. The molecule has 4 aromatic heterocycles. The second kappa shape index (κ2) is 8.26.